The Morgan fingerprint density at radius 2 is 2.35 bits per heavy atom. The second-order valence-corrected chi connectivity index (χ2v) is 5.77. The van der Waals surface area contributed by atoms with Crippen molar-refractivity contribution in [3.8, 4) is 0 Å². The number of aromatic nitrogens is 4. The Hall–Kier alpha value is -2.51. The summed E-state index contributed by atoms with van der Waals surface area (Å²) in [6.07, 6.45) is 4.05. The molecule has 0 spiro atoms. The molecule has 1 N–H and O–H groups in total. The third kappa shape index (κ3) is 3.30. The lowest BCUT2D eigenvalue weighted by Gasteiger charge is -2.28. The summed E-state index contributed by atoms with van der Waals surface area (Å²) in [6.45, 7) is 2.49. The van der Waals surface area contributed by atoms with Crippen LogP contribution in [0, 0.1) is 6.92 Å². The molecule has 0 saturated carbocycles. The highest BCUT2D eigenvalue weighted by atomic mass is 19.1. The lowest BCUT2D eigenvalue weighted by atomic mass is 10.2. The molecule has 1 saturated heterocycles. The summed E-state index contributed by atoms with van der Waals surface area (Å²) >= 11 is 0. The number of imidazole rings is 1. The third-order valence-corrected chi connectivity index (χ3v) is 3.99. The van der Waals surface area contributed by atoms with E-state index in [-0.39, 0.29) is 18.5 Å². The first kappa shape index (κ1) is 15.4. The number of nitrogens with zero attached hydrogens (tertiary/aromatic N) is 5. The molecule has 0 aliphatic carbocycles. The van der Waals surface area contributed by atoms with Gasteiger partial charge in [-0.15, -0.1) is 0 Å². The molecule has 2 atom stereocenters. The van der Waals surface area contributed by atoms with E-state index >= 15 is 0 Å². The molecule has 2 aromatic rings. The van der Waals surface area contributed by atoms with Crippen LogP contribution in [0.5, 0.6) is 0 Å². The van der Waals surface area contributed by atoms with Crippen LogP contribution in [-0.4, -0.2) is 63.1 Å². The molecule has 23 heavy (non-hydrogen) atoms. The van der Waals surface area contributed by atoms with Crippen molar-refractivity contribution in [1.82, 2.24) is 24.8 Å². The number of alkyl halides is 1. The fourth-order valence-corrected chi connectivity index (χ4v) is 2.90. The lowest BCUT2D eigenvalue weighted by molar-refractivity contribution is 0.0780. The Bertz CT molecular complexity index is 676. The summed E-state index contributed by atoms with van der Waals surface area (Å²) in [5.41, 5.74) is 0.438. The molecule has 7 nitrogen and oxygen atoms in total. The van der Waals surface area contributed by atoms with Gasteiger partial charge in [0.25, 0.3) is 5.91 Å². The zero-order chi connectivity index (χ0) is 16.4. The van der Waals surface area contributed by atoms with E-state index in [4.69, 9.17) is 0 Å². The molecule has 1 fully saturated rings. The molecule has 122 valence electrons. The summed E-state index contributed by atoms with van der Waals surface area (Å²) in [7, 11) is 1.71. The van der Waals surface area contributed by atoms with Crippen molar-refractivity contribution in [2.45, 2.75) is 25.6 Å². The zero-order valence-electron chi connectivity index (χ0n) is 13.1. The summed E-state index contributed by atoms with van der Waals surface area (Å²) in [5.74, 6) is 1.22. The molecule has 2 aromatic heterocycles. The van der Waals surface area contributed by atoms with E-state index in [9.17, 15) is 9.18 Å². The Morgan fingerprint density at radius 1 is 1.52 bits per heavy atom. The lowest BCUT2D eigenvalue weighted by Crippen LogP contribution is -2.41. The SMILES string of the molecule is Cc1ncc(C(=O)N(C)C[C@@H]2C[C@H](F)CN2c2ccncn2)[nH]1. The van der Waals surface area contributed by atoms with Gasteiger partial charge in [-0.3, -0.25) is 4.79 Å². The Labute approximate surface area is 133 Å². The maximum atomic E-state index is 13.9. The van der Waals surface area contributed by atoms with Gasteiger partial charge < -0.3 is 14.8 Å². The van der Waals surface area contributed by atoms with Crippen LogP contribution in [0.25, 0.3) is 0 Å². The smallest absolute Gasteiger partial charge is 0.271 e. The van der Waals surface area contributed by atoms with Crippen LogP contribution in [0.2, 0.25) is 0 Å². The molecule has 0 unspecified atom stereocenters. The van der Waals surface area contributed by atoms with Gasteiger partial charge in [0, 0.05) is 26.2 Å². The number of anilines is 1. The standard InChI is InChI=1S/C15H19FN6O/c1-10-18-6-13(20-10)15(23)21(2)8-12-5-11(16)7-22(12)14-3-4-17-9-19-14/h3-4,6,9,11-12H,5,7-8H2,1-2H3,(H,18,20)/t11-,12-/m0/s1. The molecule has 1 aliphatic heterocycles. The number of carbonyl (C=O) groups excluding carboxylic acids is 1. The normalized spacial score (nSPS) is 20.7. The summed E-state index contributed by atoms with van der Waals surface area (Å²) in [6, 6.07) is 1.64. The van der Waals surface area contributed by atoms with Gasteiger partial charge in [-0.2, -0.15) is 0 Å². The molecule has 0 aromatic carbocycles. The van der Waals surface area contributed by atoms with Gasteiger partial charge >= 0.3 is 0 Å². The Morgan fingerprint density at radius 3 is 3.00 bits per heavy atom. The Balaban J connectivity index is 1.71. The summed E-state index contributed by atoms with van der Waals surface area (Å²) in [4.78, 5) is 30.9. The van der Waals surface area contributed by atoms with Crippen molar-refractivity contribution in [3.05, 3.63) is 36.3 Å². The molecule has 3 heterocycles. The van der Waals surface area contributed by atoms with E-state index in [1.165, 1.54) is 12.5 Å². The highest BCUT2D eigenvalue weighted by Gasteiger charge is 2.34. The first-order chi connectivity index (χ1) is 11.0. The van der Waals surface area contributed by atoms with Crippen LogP contribution in [0.3, 0.4) is 0 Å². The average Bonchev–Trinajstić information content (AvgIpc) is 3.13. The van der Waals surface area contributed by atoms with Gasteiger partial charge in [0.15, 0.2) is 0 Å². The van der Waals surface area contributed by atoms with Gasteiger partial charge in [0.1, 0.15) is 29.8 Å². The topological polar surface area (TPSA) is 78.0 Å². The number of aryl methyl sites for hydroxylation is 1. The molecule has 3 rings (SSSR count). The number of nitrogens with one attached hydrogen (secondary N) is 1. The van der Waals surface area contributed by atoms with Crippen molar-refractivity contribution in [2.75, 3.05) is 25.0 Å². The number of halogens is 1. The van der Waals surface area contributed by atoms with E-state index in [0.29, 0.717) is 30.3 Å². The van der Waals surface area contributed by atoms with Crippen molar-refractivity contribution >= 4 is 11.7 Å². The van der Waals surface area contributed by atoms with Crippen LogP contribution in [0.4, 0.5) is 10.2 Å². The monoisotopic (exact) mass is 318 g/mol. The summed E-state index contributed by atoms with van der Waals surface area (Å²) < 4.78 is 13.9. The Kier molecular flexibility index (Phi) is 4.22. The number of aromatic amines is 1. The van der Waals surface area contributed by atoms with Gasteiger partial charge in [0.05, 0.1) is 18.8 Å². The number of rotatable bonds is 4. The maximum absolute atomic E-state index is 13.9. The minimum Gasteiger partial charge on any atom is -0.349 e. The molecular formula is C15H19FN6O. The van der Waals surface area contributed by atoms with Gasteiger partial charge in [0.2, 0.25) is 0 Å². The third-order valence-electron chi connectivity index (χ3n) is 3.99. The van der Waals surface area contributed by atoms with Crippen molar-refractivity contribution in [1.29, 1.82) is 0 Å². The van der Waals surface area contributed by atoms with Crippen molar-refractivity contribution in [3.63, 3.8) is 0 Å². The predicted molar refractivity (Wildman–Crippen MR) is 83.0 cm³/mol. The minimum absolute atomic E-state index is 0.113. The molecule has 0 bridgehead atoms. The summed E-state index contributed by atoms with van der Waals surface area (Å²) in [5, 5.41) is 0. The quantitative estimate of drug-likeness (QED) is 0.916. The van der Waals surface area contributed by atoms with Crippen LogP contribution in [-0.2, 0) is 0 Å². The van der Waals surface area contributed by atoms with E-state index in [1.807, 2.05) is 4.90 Å². The second kappa shape index (κ2) is 6.31. The van der Waals surface area contributed by atoms with E-state index in [0.717, 1.165) is 0 Å². The fourth-order valence-electron chi connectivity index (χ4n) is 2.90. The zero-order valence-corrected chi connectivity index (χ0v) is 13.1. The van der Waals surface area contributed by atoms with Crippen LogP contribution < -0.4 is 4.90 Å². The fraction of sp³-hybridized carbons (Fsp3) is 0.467. The first-order valence-corrected chi connectivity index (χ1v) is 7.48. The average molecular weight is 318 g/mol. The predicted octanol–water partition coefficient (Wildman–Crippen LogP) is 1.20. The number of hydrogen-bond donors (Lipinski definition) is 1. The first-order valence-electron chi connectivity index (χ1n) is 7.48. The number of H-pyrrole nitrogens is 1. The highest BCUT2D eigenvalue weighted by molar-refractivity contribution is 5.92. The minimum atomic E-state index is -0.923. The van der Waals surface area contributed by atoms with E-state index in [2.05, 4.69) is 19.9 Å². The van der Waals surface area contributed by atoms with E-state index < -0.39 is 6.17 Å². The molecule has 1 aliphatic rings. The molecule has 0 radical (unpaired) electrons. The molecule has 1 amide bonds. The van der Waals surface area contributed by atoms with Gasteiger partial charge in [-0.05, 0) is 13.0 Å². The van der Waals surface area contributed by atoms with Crippen LogP contribution >= 0.6 is 0 Å². The van der Waals surface area contributed by atoms with Gasteiger partial charge in [-0.25, -0.2) is 19.3 Å². The number of hydrogen-bond acceptors (Lipinski definition) is 5. The number of amides is 1. The van der Waals surface area contributed by atoms with Crippen molar-refractivity contribution in [2.24, 2.45) is 0 Å². The number of carbonyl (C=O) groups is 1. The van der Waals surface area contributed by atoms with Crippen LogP contribution in [0.1, 0.15) is 22.7 Å². The van der Waals surface area contributed by atoms with Crippen molar-refractivity contribution < 1.29 is 9.18 Å². The second-order valence-electron chi connectivity index (χ2n) is 5.77. The van der Waals surface area contributed by atoms with E-state index in [1.54, 1.807) is 31.1 Å². The number of likely N-dealkylation sites (N-methyl/N-ethyl adjacent to an activating group) is 1. The van der Waals surface area contributed by atoms with Crippen LogP contribution in [0.15, 0.2) is 24.8 Å². The largest absolute Gasteiger partial charge is 0.349 e. The molecular weight excluding hydrogens is 299 g/mol. The van der Waals surface area contributed by atoms with Gasteiger partial charge in [-0.1, -0.05) is 0 Å². The highest BCUT2D eigenvalue weighted by Crippen LogP contribution is 2.26. The molecule has 8 heteroatoms. The maximum Gasteiger partial charge on any atom is 0.271 e.